The van der Waals surface area contributed by atoms with E-state index >= 15 is 0 Å². The van der Waals surface area contributed by atoms with Crippen molar-refractivity contribution < 1.29 is 9.90 Å². The van der Waals surface area contributed by atoms with E-state index in [9.17, 15) is 4.79 Å². The lowest BCUT2D eigenvalue weighted by Crippen LogP contribution is -2.30. The fourth-order valence-electron chi connectivity index (χ4n) is 1.52. The summed E-state index contributed by atoms with van der Waals surface area (Å²) in [6, 6.07) is 0. The van der Waals surface area contributed by atoms with Crippen molar-refractivity contribution in [2.45, 2.75) is 53.4 Å². The average Bonchev–Trinajstić information content (AvgIpc) is 2.30. The van der Waals surface area contributed by atoms with Gasteiger partial charge in [-0.05, 0) is 45.7 Å². The Balaban J connectivity index is 0. The minimum Gasteiger partial charge on any atom is -0.481 e. The van der Waals surface area contributed by atoms with Gasteiger partial charge in [-0.2, -0.15) is 0 Å². The van der Waals surface area contributed by atoms with Crippen LogP contribution >= 0.6 is 12.4 Å². The van der Waals surface area contributed by atoms with E-state index in [1.807, 2.05) is 13.8 Å². The van der Waals surface area contributed by atoms with Crippen LogP contribution in [0.25, 0.3) is 0 Å². The summed E-state index contributed by atoms with van der Waals surface area (Å²) >= 11 is 0. The zero-order valence-electron chi connectivity index (χ0n) is 11.6. The van der Waals surface area contributed by atoms with Crippen LogP contribution in [0.2, 0.25) is 0 Å². The summed E-state index contributed by atoms with van der Waals surface area (Å²) in [7, 11) is 0. The van der Waals surface area contributed by atoms with Gasteiger partial charge >= 0.3 is 5.97 Å². The molecule has 0 radical (unpaired) electrons. The van der Waals surface area contributed by atoms with Gasteiger partial charge in [-0.1, -0.05) is 26.7 Å². The van der Waals surface area contributed by atoms with Gasteiger partial charge in [0.1, 0.15) is 0 Å². The largest absolute Gasteiger partial charge is 0.481 e. The maximum atomic E-state index is 10.6. The highest BCUT2D eigenvalue weighted by atomic mass is 35.5. The molecule has 0 bridgehead atoms. The molecule has 0 aromatic rings. The zero-order valence-corrected chi connectivity index (χ0v) is 12.4. The molecule has 3 nitrogen and oxygen atoms in total. The molecule has 1 heterocycles. The van der Waals surface area contributed by atoms with Crippen molar-refractivity contribution in [2.75, 3.05) is 13.1 Å². The van der Waals surface area contributed by atoms with Crippen molar-refractivity contribution in [3.8, 4) is 0 Å². The molecule has 0 aromatic heterocycles. The van der Waals surface area contributed by atoms with Crippen LogP contribution in [0, 0.1) is 11.3 Å². The van der Waals surface area contributed by atoms with Gasteiger partial charge in [-0.25, -0.2) is 0 Å². The fraction of sp³-hybridized carbons (Fsp3) is 0.923. The highest BCUT2D eigenvalue weighted by Gasteiger charge is 2.32. The maximum absolute atomic E-state index is 10.6. The molecule has 4 heteroatoms. The van der Waals surface area contributed by atoms with E-state index in [4.69, 9.17) is 5.11 Å². The van der Waals surface area contributed by atoms with E-state index in [-0.39, 0.29) is 18.3 Å². The number of carbonyl (C=O) groups is 1. The average molecular weight is 266 g/mol. The summed E-state index contributed by atoms with van der Waals surface area (Å²) in [4.78, 5) is 10.6. The van der Waals surface area contributed by atoms with Crippen LogP contribution in [0.5, 0.6) is 0 Å². The molecule has 17 heavy (non-hydrogen) atoms. The van der Waals surface area contributed by atoms with Crippen LogP contribution < -0.4 is 5.32 Å². The number of aliphatic carboxylic acids is 1. The summed E-state index contributed by atoms with van der Waals surface area (Å²) in [6.45, 7) is 10.0. The first kappa shape index (κ1) is 19.1. The Bertz CT molecular complexity index is 192. The Kier molecular flexibility index (Phi) is 10.9. The normalized spacial score (nSPS) is 17.2. The first-order valence-electron chi connectivity index (χ1n) is 6.37. The number of carboxylic acids is 1. The smallest absolute Gasteiger partial charge is 0.309 e. The van der Waals surface area contributed by atoms with Gasteiger partial charge < -0.3 is 10.4 Å². The minimum atomic E-state index is -0.707. The number of rotatable bonds is 3. The lowest BCUT2D eigenvalue weighted by atomic mass is 9.79. The van der Waals surface area contributed by atoms with Crippen molar-refractivity contribution >= 4 is 18.4 Å². The Morgan fingerprint density at radius 3 is 1.88 bits per heavy atom. The second-order valence-corrected chi connectivity index (χ2v) is 5.15. The molecule has 1 saturated heterocycles. The summed E-state index contributed by atoms with van der Waals surface area (Å²) in [6.07, 6.45) is 5.13. The summed E-state index contributed by atoms with van der Waals surface area (Å²) in [5, 5.41) is 12.0. The molecule has 0 saturated carbocycles. The van der Waals surface area contributed by atoms with Gasteiger partial charge in [0.25, 0.3) is 0 Å². The highest BCUT2D eigenvalue weighted by Crippen LogP contribution is 2.28. The molecular formula is C13H28ClNO2. The third kappa shape index (κ3) is 7.61. The number of carboxylic acid groups (broad SMARTS) is 1. The Morgan fingerprint density at radius 2 is 1.76 bits per heavy atom. The molecule has 1 fully saturated rings. The van der Waals surface area contributed by atoms with E-state index in [1.165, 1.54) is 32.4 Å². The third-order valence-electron chi connectivity index (χ3n) is 3.60. The molecular weight excluding hydrogens is 238 g/mol. The number of nitrogens with one attached hydrogen (secondary N) is 1. The standard InChI is InChI=1S/C8H16O2.C5H11N.ClH/c1-5-6(2)8(3,4)7(9)10;1-2-4-6-5-3-1;/h6H,5H2,1-4H3,(H,9,10);6H,1-5H2;1H. The van der Waals surface area contributed by atoms with Crippen molar-refractivity contribution in [3.05, 3.63) is 0 Å². The summed E-state index contributed by atoms with van der Waals surface area (Å²) < 4.78 is 0. The van der Waals surface area contributed by atoms with Crippen LogP contribution in [0.1, 0.15) is 53.4 Å². The van der Waals surface area contributed by atoms with Gasteiger partial charge in [0.2, 0.25) is 0 Å². The second kappa shape index (κ2) is 9.72. The predicted molar refractivity (Wildman–Crippen MR) is 74.8 cm³/mol. The summed E-state index contributed by atoms with van der Waals surface area (Å²) in [5.74, 6) is -0.466. The highest BCUT2D eigenvalue weighted by molar-refractivity contribution is 5.85. The van der Waals surface area contributed by atoms with Crippen molar-refractivity contribution in [1.82, 2.24) is 5.32 Å². The maximum Gasteiger partial charge on any atom is 0.309 e. The minimum absolute atomic E-state index is 0. The van der Waals surface area contributed by atoms with Gasteiger partial charge in [-0.15, -0.1) is 12.4 Å². The summed E-state index contributed by atoms with van der Waals surface area (Å²) in [5.41, 5.74) is -0.575. The van der Waals surface area contributed by atoms with E-state index in [1.54, 1.807) is 13.8 Å². The predicted octanol–water partition coefficient (Wildman–Crippen LogP) is 3.33. The molecule has 104 valence electrons. The van der Waals surface area contributed by atoms with Gasteiger partial charge in [-0.3, -0.25) is 4.79 Å². The monoisotopic (exact) mass is 265 g/mol. The lowest BCUT2D eigenvalue weighted by Gasteiger charge is -2.25. The first-order valence-corrected chi connectivity index (χ1v) is 6.37. The zero-order chi connectivity index (χ0) is 12.6. The van der Waals surface area contributed by atoms with Crippen LogP contribution in [0.15, 0.2) is 0 Å². The molecule has 1 unspecified atom stereocenters. The van der Waals surface area contributed by atoms with Crippen molar-refractivity contribution in [1.29, 1.82) is 0 Å². The molecule has 0 aromatic carbocycles. The topological polar surface area (TPSA) is 49.3 Å². The Labute approximate surface area is 112 Å². The molecule has 1 rings (SSSR count). The van der Waals surface area contributed by atoms with E-state index in [2.05, 4.69) is 5.32 Å². The SMILES string of the molecule is C1CCNCC1.CCC(C)C(C)(C)C(=O)O.Cl. The molecule has 0 aliphatic carbocycles. The Hall–Kier alpha value is -0.280. The van der Waals surface area contributed by atoms with Crippen LogP contribution in [0.4, 0.5) is 0 Å². The third-order valence-corrected chi connectivity index (χ3v) is 3.60. The van der Waals surface area contributed by atoms with E-state index in [0.717, 1.165) is 6.42 Å². The molecule has 1 aliphatic rings. The lowest BCUT2D eigenvalue weighted by molar-refractivity contribution is -0.149. The first-order chi connectivity index (χ1) is 7.42. The second-order valence-electron chi connectivity index (χ2n) is 5.15. The van der Waals surface area contributed by atoms with Gasteiger partial charge in [0, 0.05) is 0 Å². The van der Waals surface area contributed by atoms with Crippen LogP contribution in [0.3, 0.4) is 0 Å². The molecule has 1 atom stereocenters. The number of hydrogen-bond donors (Lipinski definition) is 2. The van der Waals surface area contributed by atoms with Gasteiger partial charge in [0.05, 0.1) is 5.41 Å². The van der Waals surface area contributed by atoms with Crippen LogP contribution in [-0.4, -0.2) is 24.2 Å². The van der Waals surface area contributed by atoms with Gasteiger partial charge in [0.15, 0.2) is 0 Å². The van der Waals surface area contributed by atoms with Crippen molar-refractivity contribution in [2.24, 2.45) is 11.3 Å². The Morgan fingerprint density at radius 1 is 1.29 bits per heavy atom. The fourth-order valence-corrected chi connectivity index (χ4v) is 1.52. The van der Waals surface area contributed by atoms with E-state index < -0.39 is 11.4 Å². The number of halogens is 1. The quantitative estimate of drug-likeness (QED) is 0.823. The molecule has 2 N–H and O–H groups in total. The van der Waals surface area contributed by atoms with E-state index in [0.29, 0.717) is 0 Å². The molecule has 0 spiro atoms. The number of hydrogen-bond acceptors (Lipinski definition) is 2. The van der Waals surface area contributed by atoms with Crippen LogP contribution in [-0.2, 0) is 4.79 Å². The molecule has 0 amide bonds. The van der Waals surface area contributed by atoms with Crippen molar-refractivity contribution in [3.63, 3.8) is 0 Å². The molecule has 1 aliphatic heterocycles. The number of piperidine rings is 1.